The molecule has 0 spiro atoms. The Kier molecular flexibility index (Phi) is 6.28. The van der Waals surface area contributed by atoms with Gasteiger partial charge in [-0.25, -0.2) is 0 Å². The van der Waals surface area contributed by atoms with E-state index in [1.807, 2.05) is 53.4 Å². The average molecular weight is 405 g/mol. The second-order valence-electron chi connectivity index (χ2n) is 7.44. The van der Waals surface area contributed by atoms with Crippen molar-refractivity contribution in [3.05, 3.63) is 107 Å². The normalized spacial score (nSPS) is 15.8. The second-order valence-corrected chi connectivity index (χ2v) is 7.88. The highest BCUT2D eigenvalue weighted by Crippen LogP contribution is 2.30. The third kappa shape index (κ3) is 4.87. The van der Waals surface area contributed by atoms with Crippen LogP contribution < -0.4 is 0 Å². The molecule has 148 valence electrons. The van der Waals surface area contributed by atoms with E-state index in [0.717, 1.165) is 36.8 Å². The molecule has 0 bridgehead atoms. The zero-order valence-corrected chi connectivity index (χ0v) is 17.1. The van der Waals surface area contributed by atoms with Crippen molar-refractivity contribution in [2.75, 3.05) is 26.2 Å². The Morgan fingerprint density at radius 3 is 1.93 bits per heavy atom. The molecule has 1 saturated heterocycles. The number of piperazine rings is 1. The molecule has 1 fully saturated rings. The fraction of sp³-hybridized carbons (Fsp3) is 0.240. The summed E-state index contributed by atoms with van der Waals surface area (Å²) in [6.07, 6.45) is 0.472. The molecule has 0 saturated carbocycles. The van der Waals surface area contributed by atoms with Crippen molar-refractivity contribution in [2.45, 2.75) is 12.5 Å². The van der Waals surface area contributed by atoms with Gasteiger partial charge in [-0.2, -0.15) is 0 Å². The number of nitrogens with zero attached hydrogens (tertiary/aromatic N) is 2. The molecular formula is C25H25ClN2O. The molecule has 1 atom stereocenters. The third-order valence-corrected chi connectivity index (χ3v) is 5.78. The average Bonchev–Trinajstić information content (AvgIpc) is 2.77. The minimum absolute atomic E-state index is 0.167. The zero-order valence-electron chi connectivity index (χ0n) is 16.4. The molecule has 1 aliphatic heterocycles. The summed E-state index contributed by atoms with van der Waals surface area (Å²) in [6.45, 7) is 3.20. The Balaban J connectivity index is 1.47. The van der Waals surface area contributed by atoms with Gasteiger partial charge < -0.3 is 4.90 Å². The molecule has 3 aromatic rings. The van der Waals surface area contributed by atoms with Crippen molar-refractivity contribution in [2.24, 2.45) is 0 Å². The molecule has 1 heterocycles. The first-order valence-corrected chi connectivity index (χ1v) is 10.4. The summed E-state index contributed by atoms with van der Waals surface area (Å²) < 4.78 is 0. The summed E-state index contributed by atoms with van der Waals surface area (Å²) in [5, 5.41) is 0.747. The molecule has 0 radical (unpaired) electrons. The lowest BCUT2D eigenvalue weighted by molar-refractivity contribution is -0.132. The van der Waals surface area contributed by atoms with Crippen molar-refractivity contribution in [1.82, 2.24) is 9.80 Å². The van der Waals surface area contributed by atoms with Crippen molar-refractivity contribution in [3.63, 3.8) is 0 Å². The highest BCUT2D eigenvalue weighted by molar-refractivity contribution is 6.30. The molecule has 0 N–H and O–H groups in total. The lowest BCUT2D eigenvalue weighted by atomic mass is 9.96. The molecule has 1 amide bonds. The molecule has 3 nitrogen and oxygen atoms in total. The monoisotopic (exact) mass is 404 g/mol. The van der Waals surface area contributed by atoms with E-state index in [-0.39, 0.29) is 11.9 Å². The van der Waals surface area contributed by atoms with Crippen LogP contribution in [0, 0.1) is 0 Å². The van der Waals surface area contributed by atoms with Gasteiger partial charge in [-0.15, -0.1) is 0 Å². The van der Waals surface area contributed by atoms with Crippen molar-refractivity contribution >= 4 is 17.5 Å². The van der Waals surface area contributed by atoms with E-state index < -0.39 is 0 Å². The minimum Gasteiger partial charge on any atom is -0.340 e. The molecule has 0 aliphatic carbocycles. The molecule has 3 aromatic carbocycles. The summed E-state index contributed by atoms with van der Waals surface area (Å²) in [6, 6.07) is 28.8. The van der Waals surface area contributed by atoms with Gasteiger partial charge >= 0.3 is 0 Å². The summed E-state index contributed by atoms with van der Waals surface area (Å²) in [4.78, 5) is 17.2. The summed E-state index contributed by atoms with van der Waals surface area (Å²) in [7, 11) is 0. The van der Waals surface area contributed by atoms with Crippen LogP contribution in [0.25, 0.3) is 0 Å². The van der Waals surface area contributed by atoms with Crippen molar-refractivity contribution in [1.29, 1.82) is 0 Å². The first-order chi connectivity index (χ1) is 14.2. The predicted molar refractivity (Wildman–Crippen MR) is 118 cm³/mol. The van der Waals surface area contributed by atoms with Crippen molar-refractivity contribution < 1.29 is 4.79 Å². The van der Waals surface area contributed by atoms with Gasteiger partial charge in [0.15, 0.2) is 0 Å². The van der Waals surface area contributed by atoms with Crippen LogP contribution in [0.5, 0.6) is 0 Å². The molecular weight excluding hydrogens is 380 g/mol. The van der Waals surface area contributed by atoms with E-state index in [1.165, 1.54) is 11.1 Å². The first-order valence-electron chi connectivity index (χ1n) is 10.1. The number of benzene rings is 3. The summed E-state index contributed by atoms with van der Waals surface area (Å²) in [5.41, 5.74) is 3.56. The van der Waals surface area contributed by atoms with Gasteiger partial charge in [0, 0.05) is 31.2 Å². The van der Waals surface area contributed by atoms with E-state index in [9.17, 15) is 4.79 Å². The Hall–Kier alpha value is -2.62. The van der Waals surface area contributed by atoms with Gasteiger partial charge in [0.1, 0.15) is 0 Å². The van der Waals surface area contributed by atoms with Crippen LogP contribution in [0.15, 0.2) is 84.9 Å². The number of amides is 1. The van der Waals surface area contributed by atoms with E-state index in [0.29, 0.717) is 6.42 Å². The summed E-state index contributed by atoms with van der Waals surface area (Å²) >= 11 is 6.11. The fourth-order valence-corrected chi connectivity index (χ4v) is 4.13. The van der Waals surface area contributed by atoms with Crippen LogP contribution in [0.4, 0.5) is 0 Å². The quantitative estimate of drug-likeness (QED) is 0.608. The van der Waals surface area contributed by atoms with Crippen LogP contribution >= 0.6 is 11.6 Å². The predicted octanol–water partition coefficient (Wildman–Crippen LogP) is 4.82. The van der Waals surface area contributed by atoms with Crippen LogP contribution in [0.2, 0.25) is 5.02 Å². The van der Waals surface area contributed by atoms with Gasteiger partial charge in [-0.05, 0) is 28.8 Å². The van der Waals surface area contributed by atoms with Gasteiger partial charge in [0.25, 0.3) is 0 Å². The number of rotatable bonds is 5. The molecule has 0 aromatic heterocycles. The topological polar surface area (TPSA) is 23.6 Å². The van der Waals surface area contributed by atoms with Crippen LogP contribution in [0.1, 0.15) is 22.7 Å². The molecule has 1 unspecified atom stereocenters. The second kappa shape index (κ2) is 9.25. The number of carbonyl (C=O) groups excluding carboxylic acids is 1. The van der Waals surface area contributed by atoms with E-state index >= 15 is 0 Å². The van der Waals surface area contributed by atoms with Gasteiger partial charge in [0.2, 0.25) is 5.91 Å². The Bertz CT molecular complexity index is 920. The maximum Gasteiger partial charge on any atom is 0.227 e. The molecule has 1 aliphatic rings. The maximum atomic E-state index is 12.7. The van der Waals surface area contributed by atoms with Crippen LogP contribution in [-0.2, 0) is 11.2 Å². The standard InChI is InChI=1S/C25H25ClN2O/c26-23-13-11-22(12-14-23)25(21-9-5-2-6-10-21)28-17-15-27(16-18-28)24(29)19-20-7-3-1-4-8-20/h1-14,25H,15-19H2. The fourth-order valence-electron chi connectivity index (χ4n) is 4.01. The highest BCUT2D eigenvalue weighted by Gasteiger charge is 2.28. The Morgan fingerprint density at radius 1 is 0.759 bits per heavy atom. The van der Waals surface area contributed by atoms with E-state index in [4.69, 9.17) is 11.6 Å². The summed E-state index contributed by atoms with van der Waals surface area (Å²) in [5.74, 6) is 0.207. The van der Waals surface area contributed by atoms with Crippen molar-refractivity contribution in [3.8, 4) is 0 Å². The molecule has 29 heavy (non-hydrogen) atoms. The van der Waals surface area contributed by atoms with Crippen LogP contribution in [-0.4, -0.2) is 41.9 Å². The number of carbonyl (C=O) groups is 1. The molecule has 4 heteroatoms. The van der Waals surface area contributed by atoms with Gasteiger partial charge in [-0.3, -0.25) is 9.69 Å². The van der Waals surface area contributed by atoms with E-state index in [2.05, 4.69) is 41.3 Å². The number of hydrogen-bond donors (Lipinski definition) is 0. The Morgan fingerprint density at radius 2 is 1.31 bits per heavy atom. The SMILES string of the molecule is O=C(Cc1ccccc1)N1CCN(C(c2ccccc2)c2ccc(Cl)cc2)CC1. The lowest BCUT2D eigenvalue weighted by Gasteiger charge is -2.40. The zero-order chi connectivity index (χ0) is 20.1. The largest absolute Gasteiger partial charge is 0.340 e. The molecule has 4 rings (SSSR count). The lowest BCUT2D eigenvalue weighted by Crippen LogP contribution is -2.50. The Labute approximate surface area is 177 Å². The van der Waals surface area contributed by atoms with Crippen LogP contribution in [0.3, 0.4) is 0 Å². The first kappa shape index (κ1) is 19.7. The van der Waals surface area contributed by atoms with Gasteiger partial charge in [-0.1, -0.05) is 84.4 Å². The van der Waals surface area contributed by atoms with E-state index in [1.54, 1.807) is 0 Å². The third-order valence-electron chi connectivity index (χ3n) is 5.53. The number of hydrogen-bond acceptors (Lipinski definition) is 2. The number of halogens is 1. The minimum atomic E-state index is 0.167. The smallest absolute Gasteiger partial charge is 0.227 e. The van der Waals surface area contributed by atoms with Gasteiger partial charge in [0.05, 0.1) is 12.5 Å². The maximum absolute atomic E-state index is 12.7. The highest BCUT2D eigenvalue weighted by atomic mass is 35.5.